The standard InChI is InChI=1S/C13H14N4O/c1-16-10-15-17(13(16)18)9-12-5-2-4-11(8-12)6-3-7-14/h2,4-5,8,10H,7,9,14H2,1H3. The molecule has 1 aromatic carbocycles. The summed E-state index contributed by atoms with van der Waals surface area (Å²) in [5, 5.41) is 4.01. The molecule has 0 atom stereocenters. The van der Waals surface area contributed by atoms with E-state index >= 15 is 0 Å². The Morgan fingerprint density at radius 2 is 2.28 bits per heavy atom. The zero-order chi connectivity index (χ0) is 13.0. The topological polar surface area (TPSA) is 65.8 Å². The first kappa shape index (κ1) is 12.1. The SMILES string of the molecule is Cn1cnn(Cc2cccc(C#CCN)c2)c1=O. The van der Waals surface area contributed by atoms with Gasteiger partial charge >= 0.3 is 5.69 Å². The molecular formula is C13H14N4O. The number of nitrogens with zero attached hydrogens (tertiary/aromatic N) is 3. The molecule has 2 N–H and O–H groups in total. The van der Waals surface area contributed by atoms with Crippen LogP contribution in [0.2, 0.25) is 0 Å². The summed E-state index contributed by atoms with van der Waals surface area (Å²) in [4.78, 5) is 11.6. The van der Waals surface area contributed by atoms with Crippen LogP contribution in [-0.2, 0) is 13.6 Å². The molecule has 2 aromatic rings. The maximum Gasteiger partial charge on any atom is 0.345 e. The van der Waals surface area contributed by atoms with Gasteiger partial charge in [-0.1, -0.05) is 24.0 Å². The van der Waals surface area contributed by atoms with Gasteiger partial charge in [-0.05, 0) is 17.7 Å². The third kappa shape index (κ3) is 2.67. The Labute approximate surface area is 105 Å². The van der Waals surface area contributed by atoms with Crippen LogP contribution in [0.25, 0.3) is 0 Å². The maximum atomic E-state index is 11.6. The molecule has 0 radical (unpaired) electrons. The Morgan fingerprint density at radius 1 is 1.44 bits per heavy atom. The second-order valence-corrected chi connectivity index (χ2v) is 3.89. The van der Waals surface area contributed by atoms with Gasteiger partial charge in [0.05, 0.1) is 13.1 Å². The van der Waals surface area contributed by atoms with Crippen LogP contribution in [0.4, 0.5) is 0 Å². The van der Waals surface area contributed by atoms with Crippen molar-refractivity contribution in [1.29, 1.82) is 0 Å². The van der Waals surface area contributed by atoms with Gasteiger partial charge in [-0.2, -0.15) is 5.10 Å². The molecule has 92 valence electrons. The maximum absolute atomic E-state index is 11.6. The number of rotatable bonds is 2. The van der Waals surface area contributed by atoms with E-state index in [1.165, 1.54) is 15.6 Å². The molecule has 1 aromatic heterocycles. The summed E-state index contributed by atoms with van der Waals surface area (Å²) in [6, 6.07) is 7.69. The van der Waals surface area contributed by atoms with E-state index in [1.807, 2.05) is 24.3 Å². The van der Waals surface area contributed by atoms with E-state index in [9.17, 15) is 4.79 Å². The van der Waals surface area contributed by atoms with Crippen LogP contribution in [0, 0.1) is 11.8 Å². The lowest BCUT2D eigenvalue weighted by Gasteiger charge is -2.01. The van der Waals surface area contributed by atoms with E-state index in [2.05, 4.69) is 16.9 Å². The van der Waals surface area contributed by atoms with Crippen LogP contribution < -0.4 is 11.4 Å². The van der Waals surface area contributed by atoms with Crippen LogP contribution in [0.15, 0.2) is 35.4 Å². The normalized spacial score (nSPS) is 9.89. The molecule has 0 aliphatic carbocycles. The lowest BCUT2D eigenvalue weighted by atomic mass is 10.1. The molecule has 0 bridgehead atoms. The lowest BCUT2D eigenvalue weighted by molar-refractivity contribution is 0.646. The highest BCUT2D eigenvalue weighted by Gasteiger charge is 2.02. The minimum atomic E-state index is -0.131. The van der Waals surface area contributed by atoms with Gasteiger partial charge in [0.2, 0.25) is 0 Å². The molecular weight excluding hydrogens is 228 g/mol. The second kappa shape index (κ2) is 5.34. The van der Waals surface area contributed by atoms with E-state index in [0.29, 0.717) is 13.1 Å². The number of aryl methyl sites for hydroxylation is 1. The summed E-state index contributed by atoms with van der Waals surface area (Å²) in [5.41, 5.74) is 7.07. The van der Waals surface area contributed by atoms with E-state index < -0.39 is 0 Å². The predicted molar refractivity (Wildman–Crippen MR) is 68.9 cm³/mol. The number of benzene rings is 1. The molecule has 18 heavy (non-hydrogen) atoms. The minimum absolute atomic E-state index is 0.131. The van der Waals surface area contributed by atoms with Gasteiger partial charge < -0.3 is 5.73 Å². The van der Waals surface area contributed by atoms with Crippen molar-refractivity contribution in [3.8, 4) is 11.8 Å². The molecule has 0 fully saturated rings. The Morgan fingerprint density at radius 3 is 2.94 bits per heavy atom. The summed E-state index contributed by atoms with van der Waals surface area (Å²) in [6.45, 7) is 0.780. The van der Waals surface area contributed by atoms with Crippen LogP contribution >= 0.6 is 0 Å². The summed E-state index contributed by atoms with van der Waals surface area (Å²) >= 11 is 0. The first-order valence-corrected chi connectivity index (χ1v) is 5.57. The van der Waals surface area contributed by atoms with Gasteiger partial charge in [-0.3, -0.25) is 4.57 Å². The minimum Gasteiger partial charge on any atom is -0.320 e. The fraction of sp³-hybridized carbons (Fsp3) is 0.231. The second-order valence-electron chi connectivity index (χ2n) is 3.89. The Bertz CT molecular complexity index is 657. The molecule has 0 saturated carbocycles. The van der Waals surface area contributed by atoms with Gasteiger partial charge in [-0.25, -0.2) is 9.48 Å². The van der Waals surface area contributed by atoms with Crippen molar-refractivity contribution >= 4 is 0 Å². The van der Waals surface area contributed by atoms with Gasteiger partial charge in [-0.15, -0.1) is 0 Å². The summed E-state index contributed by atoms with van der Waals surface area (Å²) in [7, 11) is 1.68. The zero-order valence-electron chi connectivity index (χ0n) is 10.1. The van der Waals surface area contributed by atoms with Crippen molar-refractivity contribution in [2.75, 3.05) is 6.54 Å². The fourth-order valence-electron chi connectivity index (χ4n) is 1.60. The highest BCUT2D eigenvalue weighted by molar-refractivity contribution is 5.37. The van der Waals surface area contributed by atoms with Crippen LogP contribution in [0.1, 0.15) is 11.1 Å². The highest BCUT2D eigenvalue weighted by atomic mass is 16.2. The predicted octanol–water partition coefficient (Wildman–Crippen LogP) is -0.0597. The summed E-state index contributed by atoms with van der Waals surface area (Å²) < 4.78 is 2.85. The van der Waals surface area contributed by atoms with E-state index in [1.54, 1.807) is 7.05 Å². The first-order valence-electron chi connectivity index (χ1n) is 5.57. The van der Waals surface area contributed by atoms with Gasteiger partial charge in [0.15, 0.2) is 0 Å². The van der Waals surface area contributed by atoms with E-state index in [4.69, 9.17) is 5.73 Å². The Balaban J connectivity index is 2.24. The largest absolute Gasteiger partial charge is 0.345 e. The molecule has 2 rings (SSSR count). The van der Waals surface area contributed by atoms with Crippen LogP contribution in [0.5, 0.6) is 0 Å². The van der Waals surface area contributed by atoms with Crippen molar-refractivity contribution in [2.24, 2.45) is 12.8 Å². The molecule has 0 amide bonds. The molecule has 1 heterocycles. The smallest absolute Gasteiger partial charge is 0.320 e. The average molecular weight is 242 g/mol. The molecule has 0 aliphatic heterocycles. The Kier molecular flexibility index (Phi) is 3.60. The van der Waals surface area contributed by atoms with Gasteiger partial charge in [0.1, 0.15) is 6.33 Å². The van der Waals surface area contributed by atoms with Crippen molar-refractivity contribution in [3.63, 3.8) is 0 Å². The van der Waals surface area contributed by atoms with Gasteiger partial charge in [0.25, 0.3) is 0 Å². The third-order valence-corrected chi connectivity index (χ3v) is 2.48. The molecule has 0 aliphatic rings. The number of nitrogens with two attached hydrogens (primary N) is 1. The van der Waals surface area contributed by atoms with Gasteiger partial charge in [0, 0.05) is 12.6 Å². The van der Waals surface area contributed by atoms with Crippen LogP contribution in [0.3, 0.4) is 0 Å². The third-order valence-electron chi connectivity index (χ3n) is 2.48. The monoisotopic (exact) mass is 242 g/mol. The average Bonchev–Trinajstić information content (AvgIpc) is 2.69. The van der Waals surface area contributed by atoms with Crippen molar-refractivity contribution in [1.82, 2.24) is 14.3 Å². The first-order chi connectivity index (χ1) is 8.70. The molecule has 5 heteroatoms. The molecule has 5 nitrogen and oxygen atoms in total. The highest BCUT2D eigenvalue weighted by Crippen LogP contribution is 2.04. The molecule has 0 spiro atoms. The molecule has 0 unspecified atom stereocenters. The number of hydrogen-bond acceptors (Lipinski definition) is 3. The zero-order valence-corrected chi connectivity index (χ0v) is 10.1. The van der Waals surface area contributed by atoms with E-state index in [0.717, 1.165) is 11.1 Å². The van der Waals surface area contributed by atoms with Crippen molar-refractivity contribution < 1.29 is 0 Å². The lowest BCUT2D eigenvalue weighted by Crippen LogP contribution is -2.23. The summed E-state index contributed by atoms with van der Waals surface area (Å²) in [5.74, 6) is 5.76. The Hall–Kier alpha value is -2.32. The number of hydrogen-bond donors (Lipinski definition) is 1. The van der Waals surface area contributed by atoms with Crippen LogP contribution in [-0.4, -0.2) is 20.9 Å². The van der Waals surface area contributed by atoms with E-state index in [-0.39, 0.29) is 5.69 Å². The van der Waals surface area contributed by atoms with Crippen molar-refractivity contribution in [2.45, 2.75) is 6.54 Å². The summed E-state index contributed by atoms with van der Waals surface area (Å²) in [6.07, 6.45) is 1.50. The fourth-order valence-corrected chi connectivity index (χ4v) is 1.60. The quantitative estimate of drug-likeness (QED) is 0.750. The number of aromatic nitrogens is 3. The molecule has 0 saturated heterocycles. The van der Waals surface area contributed by atoms with Crippen molar-refractivity contribution in [3.05, 3.63) is 52.2 Å².